The predicted molar refractivity (Wildman–Crippen MR) is 89.6 cm³/mol. The van der Waals surface area contributed by atoms with Gasteiger partial charge in [-0.3, -0.25) is 4.79 Å². The van der Waals surface area contributed by atoms with Crippen molar-refractivity contribution in [2.24, 2.45) is 11.7 Å². The number of piperidine rings is 1. The fourth-order valence-electron chi connectivity index (χ4n) is 2.90. The van der Waals surface area contributed by atoms with E-state index < -0.39 is 5.91 Å². The molecule has 1 saturated heterocycles. The average Bonchev–Trinajstić information content (AvgIpc) is 2.61. The lowest BCUT2D eigenvalue weighted by atomic mass is 9.99. The molecule has 1 aromatic heterocycles. The standard InChI is InChI=1S/C18H20FN3O2/c19-15-3-5-16(6-4-15)24-12-13-2-1-9-22(11-13)17-10-14(18(20)23)7-8-21-17/h3-8,10,13H,1-2,9,11-12H2,(H2,20,23)/t13-/m0/s1. The number of hydrogen-bond donors (Lipinski definition) is 1. The minimum atomic E-state index is -0.452. The maximum Gasteiger partial charge on any atom is 0.248 e. The maximum atomic E-state index is 12.9. The molecule has 1 aromatic carbocycles. The fraction of sp³-hybridized carbons (Fsp3) is 0.333. The van der Waals surface area contributed by atoms with Gasteiger partial charge in [-0.15, -0.1) is 0 Å². The van der Waals surface area contributed by atoms with E-state index in [2.05, 4.69) is 9.88 Å². The van der Waals surface area contributed by atoms with E-state index in [0.29, 0.717) is 23.8 Å². The highest BCUT2D eigenvalue weighted by molar-refractivity contribution is 5.93. The molecule has 1 fully saturated rings. The molecular formula is C18H20FN3O2. The molecule has 2 heterocycles. The Kier molecular flexibility index (Phi) is 4.93. The van der Waals surface area contributed by atoms with Gasteiger partial charge in [0.15, 0.2) is 0 Å². The van der Waals surface area contributed by atoms with Crippen molar-refractivity contribution in [3.05, 3.63) is 54.0 Å². The van der Waals surface area contributed by atoms with Gasteiger partial charge in [-0.25, -0.2) is 9.37 Å². The summed E-state index contributed by atoms with van der Waals surface area (Å²) in [5.74, 6) is 1.06. The number of anilines is 1. The summed E-state index contributed by atoms with van der Waals surface area (Å²) < 4.78 is 18.7. The zero-order valence-electron chi connectivity index (χ0n) is 13.3. The number of aromatic nitrogens is 1. The summed E-state index contributed by atoms with van der Waals surface area (Å²) >= 11 is 0. The largest absolute Gasteiger partial charge is 0.493 e. The van der Waals surface area contributed by atoms with Crippen molar-refractivity contribution < 1.29 is 13.9 Å². The molecule has 6 heteroatoms. The number of primary amides is 1. The first-order chi connectivity index (χ1) is 11.6. The summed E-state index contributed by atoms with van der Waals surface area (Å²) in [4.78, 5) is 17.8. The predicted octanol–water partition coefficient (Wildman–Crippen LogP) is 2.62. The van der Waals surface area contributed by atoms with E-state index in [-0.39, 0.29) is 5.82 Å². The number of carbonyl (C=O) groups excluding carboxylic acids is 1. The quantitative estimate of drug-likeness (QED) is 0.915. The van der Waals surface area contributed by atoms with Gasteiger partial charge < -0.3 is 15.4 Å². The highest BCUT2D eigenvalue weighted by atomic mass is 19.1. The average molecular weight is 329 g/mol. The van der Waals surface area contributed by atoms with Crippen LogP contribution in [0.5, 0.6) is 5.75 Å². The molecule has 0 unspecified atom stereocenters. The van der Waals surface area contributed by atoms with Crippen LogP contribution in [-0.2, 0) is 0 Å². The van der Waals surface area contributed by atoms with Gasteiger partial charge in [-0.05, 0) is 49.2 Å². The van der Waals surface area contributed by atoms with Crippen LogP contribution in [0.25, 0.3) is 0 Å². The van der Waals surface area contributed by atoms with Gasteiger partial charge in [0.05, 0.1) is 6.61 Å². The highest BCUT2D eigenvalue weighted by Gasteiger charge is 2.22. The van der Waals surface area contributed by atoms with Crippen LogP contribution >= 0.6 is 0 Å². The van der Waals surface area contributed by atoms with E-state index >= 15 is 0 Å². The Hall–Kier alpha value is -2.63. The molecule has 2 aromatic rings. The van der Waals surface area contributed by atoms with Gasteiger partial charge in [0.25, 0.3) is 0 Å². The van der Waals surface area contributed by atoms with Crippen LogP contribution in [0.4, 0.5) is 10.2 Å². The second-order valence-corrected chi connectivity index (χ2v) is 5.99. The molecule has 1 amide bonds. The third-order valence-corrected chi connectivity index (χ3v) is 4.17. The smallest absolute Gasteiger partial charge is 0.248 e. The molecule has 0 radical (unpaired) electrons. The topological polar surface area (TPSA) is 68.5 Å². The maximum absolute atomic E-state index is 12.9. The zero-order valence-corrected chi connectivity index (χ0v) is 13.3. The summed E-state index contributed by atoms with van der Waals surface area (Å²) in [6, 6.07) is 9.39. The van der Waals surface area contributed by atoms with Crippen molar-refractivity contribution >= 4 is 11.7 Å². The Morgan fingerprint density at radius 1 is 1.33 bits per heavy atom. The minimum absolute atomic E-state index is 0.272. The van der Waals surface area contributed by atoms with Crippen LogP contribution in [0.15, 0.2) is 42.6 Å². The summed E-state index contributed by atoms with van der Waals surface area (Å²) in [7, 11) is 0. The summed E-state index contributed by atoms with van der Waals surface area (Å²) in [5.41, 5.74) is 5.79. The molecule has 0 saturated carbocycles. The molecule has 5 nitrogen and oxygen atoms in total. The number of nitrogens with zero attached hydrogens (tertiary/aromatic N) is 2. The SMILES string of the molecule is NC(=O)c1ccnc(N2CCC[C@H](COc3ccc(F)cc3)C2)c1. The molecule has 126 valence electrons. The van der Waals surface area contributed by atoms with E-state index in [1.165, 1.54) is 12.1 Å². The number of carbonyl (C=O) groups is 1. The highest BCUT2D eigenvalue weighted by Crippen LogP contribution is 2.23. The molecule has 1 atom stereocenters. The van der Waals surface area contributed by atoms with Crippen molar-refractivity contribution in [2.75, 3.05) is 24.6 Å². The fourth-order valence-corrected chi connectivity index (χ4v) is 2.90. The molecule has 1 aliphatic rings. The van der Waals surface area contributed by atoms with Crippen molar-refractivity contribution in [3.8, 4) is 5.75 Å². The molecule has 24 heavy (non-hydrogen) atoms. The summed E-state index contributed by atoms with van der Waals surface area (Å²) in [6.45, 7) is 2.26. The van der Waals surface area contributed by atoms with Gasteiger partial charge >= 0.3 is 0 Å². The molecule has 3 rings (SSSR count). The number of halogens is 1. The van der Waals surface area contributed by atoms with Gasteiger partial charge in [-0.2, -0.15) is 0 Å². The molecule has 0 bridgehead atoms. The number of amides is 1. The molecule has 1 aliphatic heterocycles. The van der Waals surface area contributed by atoms with Gasteiger partial charge in [-0.1, -0.05) is 0 Å². The van der Waals surface area contributed by atoms with Gasteiger partial charge in [0.2, 0.25) is 5.91 Å². The van der Waals surface area contributed by atoms with Crippen LogP contribution in [0, 0.1) is 11.7 Å². The second kappa shape index (κ2) is 7.29. The summed E-state index contributed by atoms with van der Waals surface area (Å²) in [6.07, 6.45) is 3.70. The Labute approximate surface area is 140 Å². The Morgan fingerprint density at radius 3 is 2.88 bits per heavy atom. The van der Waals surface area contributed by atoms with E-state index in [9.17, 15) is 9.18 Å². The lowest BCUT2D eigenvalue weighted by Crippen LogP contribution is -2.38. The molecular weight excluding hydrogens is 309 g/mol. The van der Waals surface area contributed by atoms with Crippen LogP contribution in [0.1, 0.15) is 23.2 Å². The van der Waals surface area contributed by atoms with Crippen LogP contribution in [-0.4, -0.2) is 30.6 Å². The zero-order chi connectivity index (χ0) is 16.9. The van der Waals surface area contributed by atoms with Crippen LogP contribution in [0.3, 0.4) is 0 Å². The minimum Gasteiger partial charge on any atom is -0.493 e. The summed E-state index contributed by atoms with van der Waals surface area (Å²) in [5, 5.41) is 0. The normalized spacial score (nSPS) is 17.5. The number of benzene rings is 1. The van der Waals surface area contributed by atoms with Crippen molar-refractivity contribution in [2.45, 2.75) is 12.8 Å². The molecule has 2 N–H and O–H groups in total. The van der Waals surface area contributed by atoms with Gasteiger partial charge in [0.1, 0.15) is 17.4 Å². The lowest BCUT2D eigenvalue weighted by Gasteiger charge is -2.33. The first kappa shape index (κ1) is 16.2. The number of pyridine rings is 1. The van der Waals surface area contributed by atoms with Crippen LogP contribution < -0.4 is 15.4 Å². The van der Waals surface area contributed by atoms with E-state index in [4.69, 9.17) is 10.5 Å². The Balaban J connectivity index is 1.60. The number of ether oxygens (including phenoxy) is 1. The number of hydrogen-bond acceptors (Lipinski definition) is 4. The molecule has 0 aliphatic carbocycles. The second-order valence-electron chi connectivity index (χ2n) is 5.99. The van der Waals surface area contributed by atoms with Gasteiger partial charge in [0, 0.05) is 30.8 Å². The monoisotopic (exact) mass is 329 g/mol. The van der Waals surface area contributed by atoms with E-state index in [1.807, 2.05) is 0 Å². The third-order valence-electron chi connectivity index (χ3n) is 4.17. The lowest BCUT2D eigenvalue weighted by molar-refractivity contribution is 0.1000. The van der Waals surface area contributed by atoms with E-state index in [1.54, 1.807) is 30.5 Å². The van der Waals surface area contributed by atoms with Crippen molar-refractivity contribution in [3.63, 3.8) is 0 Å². The first-order valence-corrected chi connectivity index (χ1v) is 8.01. The Bertz CT molecular complexity index is 706. The number of rotatable bonds is 5. The Morgan fingerprint density at radius 2 is 2.12 bits per heavy atom. The van der Waals surface area contributed by atoms with Crippen molar-refractivity contribution in [1.82, 2.24) is 4.98 Å². The van der Waals surface area contributed by atoms with Crippen molar-refractivity contribution in [1.29, 1.82) is 0 Å². The third kappa shape index (κ3) is 4.01. The molecule has 0 spiro atoms. The van der Waals surface area contributed by atoms with Crippen LogP contribution in [0.2, 0.25) is 0 Å². The first-order valence-electron chi connectivity index (χ1n) is 8.01. The number of nitrogens with two attached hydrogens (primary N) is 1. The van der Waals surface area contributed by atoms with E-state index in [0.717, 1.165) is 31.7 Å².